The summed E-state index contributed by atoms with van der Waals surface area (Å²) in [6.07, 6.45) is 5.48. The van der Waals surface area contributed by atoms with Gasteiger partial charge in [0.15, 0.2) is 0 Å². The molecule has 2 amide bonds. The first-order valence-electron chi connectivity index (χ1n) is 7.89. The molecule has 1 fully saturated rings. The van der Waals surface area contributed by atoms with E-state index in [0.29, 0.717) is 18.1 Å². The van der Waals surface area contributed by atoms with Crippen molar-refractivity contribution in [3.05, 3.63) is 29.3 Å². The van der Waals surface area contributed by atoms with E-state index in [2.05, 4.69) is 5.32 Å². The van der Waals surface area contributed by atoms with Crippen molar-refractivity contribution in [2.45, 2.75) is 39.0 Å². The Balaban J connectivity index is 1.87. The Labute approximate surface area is 136 Å². The van der Waals surface area contributed by atoms with E-state index in [4.69, 9.17) is 11.6 Å². The summed E-state index contributed by atoms with van der Waals surface area (Å²) in [5.41, 5.74) is 0.756. The highest BCUT2D eigenvalue weighted by Crippen LogP contribution is 2.23. The molecular formula is C17H23ClN2O2. The van der Waals surface area contributed by atoms with Crippen LogP contribution in [0.3, 0.4) is 0 Å². The molecule has 1 saturated carbocycles. The average molecular weight is 323 g/mol. The number of carbonyl (C=O) groups is 2. The van der Waals surface area contributed by atoms with Gasteiger partial charge in [0.1, 0.15) is 0 Å². The Kier molecular flexibility index (Phi) is 6.25. The molecule has 0 unspecified atom stereocenters. The molecule has 22 heavy (non-hydrogen) atoms. The first-order chi connectivity index (χ1) is 10.6. The van der Waals surface area contributed by atoms with Crippen LogP contribution >= 0.6 is 11.6 Å². The van der Waals surface area contributed by atoms with Gasteiger partial charge in [-0.25, -0.2) is 0 Å². The third-order valence-corrected chi connectivity index (χ3v) is 4.35. The zero-order chi connectivity index (χ0) is 15.9. The summed E-state index contributed by atoms with van der Waals surface area (Å²) in [7, 11) is 0. The first kappa shape index (κ1) is 16.8. The number of anilines is 1. The van der Waals surface area contributed by atoms with E-state index in [9.17, 15) is 9.59 Å². The fourth-order valence-corrected chi connectivity index (χ4v) is 3.10. The van der Waals surface area contributed by atoms with Crippen LogP contribution in [0.4, 0.5) is 5.69 Å². The topological polar surface area (TPSA) is 49.4 Å². The second kappa shape index (κ2) is 8.18. The van der Waals surface area contributed by atoms with Crippen molar-refractivity contribution in [2.24, 2.45) is 5.92 Å². The summed E-state index contributed by atoms with van der Waals surface area (Å²) >= 11 is 5.97. The minimum absolute atomic E-state index is 0.0609. The summed E-state index contributed by atoms with van der Waals surface area (Å²) in [4.78, 5) is 25.5. The van der Waals surface area contributed by atoms with Crippen molar-refractivity contribution in [3.8, 4) is 0 Å². The Hall–Kier alpha value is -1.55. The van der Waals surface area contributed by atoms with E-state index in [-0.39, 0.29) is 17.7 Å². The van der Waals surface area contributed by atoms with E-state index in [1.165, 1.54) is 13.3 Å². The highest BCUT2D eigenvalue weighted by Gasteiger charge is 2.21. The Morgan fingerprint density at radius 3 is 2.64 bits per heavy atom. The second-order valence-electron chi connectivity index (χ2n) is 5.78. The summed E-state index contributed by atoms with van der Waals surface area (Å²) in [6, 6.07) is 7.19. The van der Waals surface area contributed by atoms with Crippen LogP contribution in [-0.2, 0) is 9.59 Å². The van der Waals surface area contributed by atoms with Crippen LogP contribution in [0.15, 0.2) is 24.3 Å². The fraction of sp³-hybridized carbons (Fsp3) is 0.529. The van der Waals surface area contributed by atoms with Gasteiger partial charge < -0.3 is 10.2 Å². The van der Waals surface area contributed by atoms with Gasteiger partial charge in [0.2, 0.25) is 11.8 Å². The van der Waals surface area contributed by atoms with Crippen molar-refractivity contribution in [1.82, 2.24) is 5.32 Å². The number of carbonyl (C=O) groups excluding carboxylic acids is 2. The number of amides is 2. The molecule has 0 atom stereocenters. The highest BCUT2D eigenvalue weighted by atomic mass is 35.5. The third kappa shape index (κ3) is 4.73. The predicted molar refractivity (Wildman–Crippen MR) is 89.1 cm³/mol. The van der Waals surface area contributed by atoms with Crippen LogP contribution in [0.5, 0.6) is 0 Å². The fourth-order valence-electron chi connectivity index (χ4n) is 2.91. The average Bonchev–Trinajstić information content (AvgIpc) is 2.51. The number of halogens is 1. The molecule has 4 nitrogen and oxygen atoms in total. The molecule has 0 radical (unpaired) electrons. The van der Waals surface area contributed by atoms with Gasteiger partial charge >= 0.3 is 0 Å². The third-order valence-electron chi connectivity index (χ3n) is 4.11. The van der Waals surface area contributed by atoms with Gasteiger partial charge in [-0.1, -0.05) is 36.9 Å². The quantitative estimate of drug-likeness (QED) is 0.903. The molecule has 2 rings (SSSR count). The minimum Gasteiger partial charge on any atom is -0.354 e. The van der Waals surface area contributed by atoms with E-state index in [1.54, 1.807) is 17.0 Å². The summed E-state index contributed by atoms with van der Waals surface area (Å²) in [5, 5.41) is 3.55. The first-order valence-corrected chi connectivity index (χ1v) is 8.27. The van der Waals surface area contributed by atoms with Gasteiger partial charge in [0, 0.05) is 36.6 Å². The van der Waals surface area contributed by atoms with Gasteiger partial charge in [-0.2, -0.15) is 0 Å². The maximum Gasteiger partial charge on any atom is 0.223 e. The Morgan fingerprint density at radius 1 is 1.27 bits per heavy atom. The lowest BCUT2D eigenvalue weighted by Crippen LogP contribution is -2.40. The zero-order valence-corrected chi connectivity index (χ0v) is 13.7. The van der Waals surface area contributed by atoms with Crippen LogP contribution in [0.2, 0.25) is 5.02 Å². The lowest BCUT2D eigenvalue weighted by atomic mass is 9.89. The summed E-state index contributed by atoms with van der Waals surface area (Å²) in [6.45, 7) is 2.43. The maximum absolute atomic E-state index is 12.1. The maximum atomic E-state index is 12.1. The van der Waals surface area contributed by atoms with Crippen LogP contribution < -0.4 is 10.2 Å². The van der Waals surface area contributed by atoms with Gasteiger partial charge in [0.05, 0.1) is 0 Å². The molecule has 1 aromatic carbocycles. The van der Waals surface area contributed by atoms with Gasteiger partial charge in [-0.3, -0.25) is 9.59 Å². The molecule has 0 bridgehead atoms. The van der Waals surface area contributed by atoms with Crippen molar-refractivity contribution in [2.75, 3.05) is 18.0 Å². The SMILES string of the molecule is CC(=O)N(CCNC(=O)C1CCCCC1)c1cccc(Cl)c1. The molecular weight excluding hydrogens is 300 g/mol. The molecule has 0 aromatic heterocycles. The van der Waals surface area contributed by atoms with Crippen molar-refractivity contribution in [3.63, 3.8) is 0 Å². The van der Waals surface area contributed by atoms with Crippen LogP contribution in [0.1, 0.15) is 39.0 Å². The van der Waals surface area contributed by atoms with E-state index in [0.717, 1.165) is 31.4 Å². The molecule has 0 aliphatic heterocycles. The molecule has 1 aromatic rings. The van der Waals surface area contributed by atoms with Crippen molar-refractivity contribution >= 4 is 29.1 Å². The Morgan fingerprint density at radius 2 is 2.00 bits per heavy atom. The minimum atomic E-state index is -0.0609. The van der Waals surface area contributed by atoms with Gasteiger partial charge in [-0.15, -0.1) is 0 Å². The van der Waals surface area contributed by atoms with Crippen LogP contribution in [-0.4, -0.2) is 24.9 Å². The molecule has 5 heteroatoms. The lowest BCUT2D eigenvalue weighted by molar-refractivity contribution is -0.126. The molecule has 0 heterocycles. The van der Waals surface area contributed by atoms with Crippen LogP contribution in [0, 0.1) is 5.92 Å². The number of benzene rings is 1. The lowest BCUT2D eigenvalue weighted by Gasteiger charge is -2.24. The smallest absolute Gasteiger partial charge is 0.223 e. The van der Waals surface area contributed by atoms with E-state index in [1.807, 2.05) is 12.1 Å². The molecule has 1 aliphatic rings. The predicted octanol–water partition coefficient (Wildman–Crippen LogP) is 3.39. The number of hydrogen-bond donors (Lipinski definition) is 1. The Bertz CT molecular complexity index is 527. The van der Waals surface area contributed by atoms with Crippen LogP contribution in [0.25, 0.3) is 0 Å². The second-order valence-corrected chi connectivity index (χ2v) is 6.21. The number of nitrogens with zero attached hydrogens (tertiary/aromatic N) is 1. The number of rotatable bonds is 5. The molecule has 0 saturated heterocycles. The molecule has 120 valence electrons. The number of nitrogens with one attached hydrogen (secondary N) is 1. The standard InChI is InChI=1S/C17H23ClN2O2/c1-13(21)20(16-9-5-8-15(18)12-16)11-10-19-17(22)14-6-3-2-4-7-14/h5,8-9,12,14H,2-4,6-7,10-11H2,1H3,(H,19,22). The van der Waals surface area contributed by atoms with Crippen molar-refractivity contribution in [1.29, 1.82) is 0 Å². The van der Waals surface area contributed by atoms with E-state index < -0.39 is 0 Å². The number of hydrogen-bond acceptors (Lipinski definition) is 2. The normalized spacial score (nSPS) is 15.4. The van der Waals surface area contributed by atoms with E-state index >= 15 is 0 Å². The zero-order valence-electron chi connectivity index (χ0n) is 13.0. The molecule has 1 aliphatic carbocycles. The largest absolute Gasteiger partial charge is 0.354 e. The van der Waals surface area contributed by atoms with Gasteiger partial charge in [-0.05, 0) is 31.0 Å². The highest BCUT2D eigenvalue weighted by molar-refractivity contribution is 6.30. The summed E-state index contributed by atoms with van der Waals surface area (Å²) < 4.78 is 0. The molecule has 0 spiro atoms. The van der Waals surface area contributed by atoms with Gasteiger partial charge in [0.25, 0.3) is 0 Å². The molecule has 1 N–H and O–H groups in total. The monoisotopic (exact) mass is 322 g/mol. The van der Waals surface area contributed by atoms with Crippen molar-refractivity contribution < 1.29 is 9.59 Å². The summed E-state index contributed by atoms with van der Waals surface area (Å²) in [5.74, 6) is 0.203.